The second-order valence-electron chi connectivity index (χ2n) is 4.34. The van der Waals surface area contributed by atoms with Crippen LogP contribution in [-0.4, -0.2) is 43.0 Å². The van der Waals surface area contributed by atoms with Crippen molar-refractivity contribution in [3.63, 3.8) is 0 Å². The summed E-state index contributed by atoms with van der Waals surface area (Å²) in [7, 11) is 1.57. The Bertz CT molecular complexity index is 630. The zero-order chi connectivity index (χ0) is 15.1. The van der Waals surface area contributed by atoms with Crippen LogP contribution >= 0.6 is 0 Å². The smallest absolute Gasteiger partial charge is 0.264 e. The summed E-state index contributed by atoms with van der Waals surface area (Å²) in [6, 6.07) is 8.60. The van der Waals surface area contributed by atoms with E-state index in [4.69, 9.17) is 9.47 Å². The Balaban J connectivity index is 1.87. The number of methoxy groups -OCH3 is 1. The monoisotopic (exact) mass is 291 g/mol. The summed E-state index contributed by atoms with van der Waals surface area (Å²) in [5.41, 5.74) is 2.02. The van der Waals surface area contributed by atoms with E-state index in [0.29, 0.717) is 24.6 Å². The van der Waals surface area contributed by atoms with Gasteiger partial charge in [-0.3, -0.25) is 19.8 Å². The number of hydrogen-bond donors (Lipinski definition) is 3. The minimum Gasteiger partial charge on any atom is -0.382 e. The second kappa shape index (κ2) is 7.41. The third kappa shape index (κ3) is 4.59. The Hall–Kier alpha value is -2.38. The quantitative estimate of drug-likeness (QED) is 0.662. The van der Waals surface area contributed by atoms with Gasteiger partial charge in [-0.15, -0.1) is 0 Å². The molecule has 0 bridgehead atoms. The summed E-state index contributed by atoms with van der Waals surface area (Å²) in [5, 5.41) is 7.95. The van der Waals surface area contributed by atoms with Crippen molar-refractivity contribution in [1.29, 1.82) is 0 Å². The molecule has 0 unspecified atom stereocenters. The molecule has 0 spiro atoms. The van der Waals surface area contributed by atoms with E-state index < -0.39 is 0 Å². The molecule has 0 saturated carbocycles. The Labute approximate surface area is 121 Å². The second-order valence-corrected chi connectivity index (χ2v) is 4.34. The van der Waals surface area contributed by atoms with Gasteiger partial charge < -0.3 is 14.8 Å². The molecule has 0 fully saturated rings. The maximum absolute atomic E-state index is 11.6. The molecule has 7 nitrogen and oxygen atoms in total. The number of benzene rings is 1. The highest BCUT2D eigenvalue weighted by Crippen LogP contribution is 2.17. The van der Waals surface area contributed by atoms with E-state index in [2.05, 4.69) is 15.5 Å². The van der Waals surface area contributed by atoms with Gasteiger partial charge >= 0.3 is 0 Å². The molecule has 1 aromatic heterocycles. The summed E-state index contributed by atoms with van der Waals surface area (Å²) >= 11 is 0. The lowest BCUT2D eigenvalue weighted by Crippen LogP contribution is -2.19. The maximum atomic E-state index is 11.6. The third-order valence-corrected chi connectivity index (χ3v) is 2.74. The largest absolute Gasteiger partial charge is 0.382 e. The molecule has 3 N–H and O–H groups in total. The Morgan fingerprint density at radius 2 is 1.95 bits per heavy atom. The number of aromatic nitrogens is 2. The zero-order valence-electron chi connectivity index (χ0n) is 11.6. The Morgan fingerprint density at radius 1 is 1.19 bits per heavy atom. The first-order chi connectivity index (χ1) is 10.2. The summed E-state index contributed by atoms with van der Waals surface area (Å²) in [5.74, 6) is -0.228. The van der Waals surface area contributed by atoms with Crippen LogP contribution in [0, 0.1) is 0 Å². The Kier molecular flexibility index (Phi) is 5.30. The molecule has 7 heteroatoms. The first-order valence-electron chi connectivity index (χ1n) is 6.43. The van der Waals surface area contributed by atoms with Crippen molar-refractivity contribution in [3.8, 4) is 11.3 Å². The summed E-state index contributed by atoms with van der Waals surface area (Å²) in [6.07, 6.45) is 0. The predicted molar refractivity (Wildman–Crippen MR) is 78.2 cm³/mol. The van der Waals surface area contributed by atoms with Crippen LogP contribution in [0.1, 0.15) is 0 Å². The van der Waals surface area contributed by atoms with Crippen LogP contribution in [-0.2, 0) is 14.3 Å². The van der Waals surface area contributed by atoms with E-state index in [1.807, 2.05) is 0 Å². The van der Waals surface area contributed by atoms with Crippen LogP contribution in [0.25, 0.3) is 11.3 Å². The summed E-state index contributed by atoms with van der Waals surface area (Å²) < 4.78 is 9.94. The van der Waals surface area contributed by atoms with Gasteiger partial charge in [0.1, 0.15) is 6.61 Å². The number of rotatable bonds is 7. The number of amides is 1. The lowest BCUT2D eigenvalue weighted by Gasteiger charge is -2.06. The van der Waals surface area contributed by atoms with Crippen LogP contribution in [0.5, 0.6) is 0 Å². The number of aromatic amines is 2. The molecule has 0 atom stereocenters. The summed E-state index contributed by atoms with van der Waals surface area (Å²) in [4.78, 5) is 22.7. The molecule has 1 aromatic carbocycles. The lowest BCUT2D eigenvalue weighted by atomic mass is 10.1. The normalized spacial score (nSPS) is 10.5. The third-order valence-electron chi connectivity index (χ3n) is 2.74. The number of anilines is 1. The highest BCUT2D eigenvalue weighted by Gasteiger charge is 2.04. The molecule has 0 aliphatic rings. The highest BCUT2D eigenvalue weighted by atomic mass is 16.5. The number of nitrogens with one attached hydrogen (secondary N) is 3. The van der Waals surface area contributed by atoms with Crippen LogP contribution in [0.15, 0.2) is 35.1 Å². The van der Waals surface area contributed by atoms with Crippen LogP contribution in [0.3, 0.4) is 0 Å². The van der Waals surface area contributed by atoms with Crippen molar-refractivity contribution in [2.75, 3.05) is 32.2 Å². The number of carbonyl (C=O) groups excluding carboxylic acids is 1. The first-order valence-corrected chi connectivity index (χ1v) is 6.43. The van der Waals surface area contributed by atoms with Gasteiger partial charge in [0.2, 0.25) is 5.91 Å². The molecule has 21 heavy (non-hydrogen) atoms. The Morgan fingerprint density at radius 3 is 2.57 bits per heavy atom. The lowest BCUT2D eigenvalue weighted by molar-refractivity contribution is -0.121. The minimum atomic E-state index is -0.228. The highest BCUT2D eigenvalue weighted by molar-refractivity contribution is 5.91. The topological polar surface area (TPSA) is 96.2 Å². The van der Waals surface area contributed by atoms with Gasteiger partial charge in [-0.2, -0.15) is 0 Å². The van der Waals surface area contributed by atoms with Gasteiger partial charge in [0.05, 0.1) is 18.9 Å². The predicted octanol–water partition coefficient (Wildman–Crippen LogP) is 0.971. The number of H-pyrrole nitrogens is 2. The fourth-order valence-corrected chi connectivity index (χ4v) is 1.73. The first kappa shape index (κ1) is 15.0. The molecule has 0 aliphatic carbocycles. The fourth-order valence-electron chi connectivity index (χ4n) is 1.73. The van der Waals surface area contributed by atoms with Gasteiger partial charge in [-0.05, 0) is 17.7 Å². The van der Waals surface area contributed by atoms with Gasteiger partial charge in [-0.25, -0.2) is 0 Å². The molecule has 1 heterocycles. The molecule has 2 aromatic rings. The molecule has 0 aliphatic heterocycles. The average Bonchev–Trinajstić information content (AvgIpc) is 2.91. The zero-order valence-corrected chi connectivity index (χ0v) is 11.6. The van der Waals surface area contributed by atoms with E-state index >= 15 is 0 Å². The molecule has 0 saturated heterocycles. The molecular weight excluding hydrogens is 274 g/mol. The number of ether oxygens (including phenoxy) is 2. The standard InChI is InChI=1S/C14H17N3O4/c1-20-6-7-21-9-14(19)15-11-4-2-10(3-5-11)12-8-13(18)17-16-12/h2-5,8H,6-7,9H2,1H3,(H,15,19)(H2,16,17,18). The number of hydrogen-bond acceptors (Lipinski definition) is 4. The molecule has 0 radical (unpaired) electrons. The fraction of sp³-hybridized carbons (Fsp3) is 0.286. The molecule has 1 amide bonds. The maximum Gasteiger partial charge on any atom is 0.264 e. The minimum absolute atomic E-state index is 0.0176. The van der Waals surface area contributed by atoms with Crippen molar-refractivity contribution in [3.05, 3.63) is 40.7 Å². The van der Waals surface area contributed by atoms with Crippen molar-refractivity contribution in [2.45, 2.75) is 0 Å². The van der Waals surface area contributed by atoms with Crippen LogP contribution in [0.4, 0.5) is 5.69 Å². The van der Waals surface area contributed by atoms with Gasteiger partial charge in [0, 0.05) is 18.9 Å². The SMILES string of the molecule is COCCOCC(=O)Nc1ccc(-c2cc(=O)[nH][nH]2)cc1. The van der Waals surface area contributed by atoms with Crippen LogP contribution < -0.4 is 10.9 Å². The van der Waals surface area contributed by atoms with Gasteiger partial charge in [-0.1, -0.05) is 12.1 Å². The van der Waals surface area contributed by atoms with E-state index in [0.717, 1.165) is 5.56 Å². The van der Waals surface area contributed by atoms with Crippen molar-refractivity contribution in [1.82, 2.24) is 10.2 Å². The van der Waals surface area contributed by atoms with E-state index in [-0.39, 0.29) is 18.1 Å². The van der Waals surface area contributed by atoms with E-state index in [1.54, 1.807) is 31.4 Å². The molecule has 112 valence electrons. The van der Waals surface area contributed by atoms with Crippen LogP contribution in [0.2, 0.25) is 0 Å². The molecular formula is C14H17N3O4. The van der Waals surface area contributed by atoms with Crippen molar-refractivity contribution < 1.29 is 14.3 Å². The van der Waals surface area contributed by atoms with E-state index in [9.17, 15) is 9.59 Å². The van der Waals surface area contributed by atoms with E-state index in [1.165, 1.54) is 6.07 Å². The molecule has 2 rings (SSSR count). The van der Waals surface area contributed by atoms with Gasteiger partial charge in [0.15, 0.2) is 0 Å². The van der Waals surface area contributed by atoms with Crippen molar-refractivity contribution in [2.24, 2.45) is 0 Å². The summed E-state index contributed by atoms with van der Waals surface area (Å²) in [6.45, 7) is 0.816. The number of carbonyl (C=O) groups is 1. The van der Waals surface area contributed by atoms with Crippen molar-refractivity contribution >= 4 is 11.6 Å². The van der Waals surface area contributed by atoms with Gasteiger partial charge in [0.25, 0.3) is 5.56 Å². The average molecular weight is 291 g/mol.